The summed E-state index contributed by atoms with van der Waals surface area (Å²) in [6.45, 7) is 0. The molecule has 0 saturated heterocycles. The summed E-state index contributed by atoms with van der Waals surface area (Å²) in [4.78, 5) is 4.15. The highest BCUT2D eigenvalue weighted by atomic mass is 16.5. The molecule has 16 heavy (non-hydrogen) atoms. The topological polar surface area (TPSA) is 60.2 Å². The van der Waals surface area contributed by atoms with Crippen LogP contribution in [0.2, 0.25) is 0 Å². The molecule has 1 saturated carbocycles. The number of methoxy groups -OCH3 is 1. The van der Waals surface area contributed by atoms with E-state index in [2.05, 4.69) is 10.4 Å². The molecule has 4 heteroatoms. The fourth-order valence-electron chi connectivity index (χ4n) is 2.10. The average molecular weight is 221 g/mol. The number of pyridine rings is 1. The van der Waals surface area contributed by atoms with Crippen LogP contribution in [0.3, 0.4) is 0 Å². The molecule has 1 aliphatic carbocycles. The number of hydrazine groups is 1. The van der Waals surface area contributed by atoms with Gasteiger partial charge in [0.15, 0.2) is 0 Å². The normalized spacial score (nSPS) is 17.9. The maximum Gasteiger partial charge on any atom is 0.137 e. The van der Waals surface area contributed by atoms with Crippen LogP contribution in [0.25, 0.3) is 0 Å². The van der Waals surface area contributed by atoms with Crippen LogP contribution in [0.4, 0.5) is 0 Å². The first-order valence-corrected chi connectivity index (χ1v) is 5.78. The number of nitrogens with zero attached hydrogens (tertiary/aromatic N) is 1. The van der Waals surface area contributed by atoms with Crippen molar-refractivity contribution in [3.05, 3.63) is 24.0 Å². The molecule has 1 fully saturated rings. The van der Waals surface area contributed by atoms with Crippen molar-refractivity contribution in [3.8, 4) is 5.75 Å². The Labute approximate surface area is 96.2 Å². The molecule has 0 bridgehead atoms. The van der Waals surface area contributed by atoms with Gasteiger partial charge in [-0.25, -0.2) is 0 Å². The van der Waals surface area contributed by atoms with E-state index >= 15 is 0 Å². The molecule has 0 radical (unpaired) electrons. The van der Waals surface area contributed by atoms with Crippen molar-refractivity contribution < 1.29 is 4.74 Å². The van der Waals surface area contributed by atoms with Crippen molar-refractivity contribution in [1.82, 2.24) is 10.4 Å². The third-order valence-electron chi connectivity index (χ3n) is 3.37. The number of ether oxygens (including phenoxy) is 1. The van der Waals surface area contributed by atoms with Gasteiger partial charge in [-0.2, -0.15) is 0 Å². The van der Waals surface area contributed by atoms with Gasteiger partial charge in [-0.3, -0.25) is 16.3 Å². The zero-order valence-corrected chi connectivity index (χ0v) is 9.65. The van der Waals surface area contributed by atoms with Crippen LogP contribution in [0.15, 0.2) is 18.5 Å². The summed E-state index contributed by atoms with van der Waals surface area (Å²) in [6, 6.07) is 2.18. The lowest BCUT2D eigenvalue weighted by Crippen LogP contribution is -2.31. The van der Waals surface area contributed by atoms with Crippen molar-refractivity contribution in [2.24, 2.45) is 11.8 Å². The van der Waals surface area contributed by atoms with Gasteiger partial charge in [0.2, 0.25) is 0 Å². The SMILES string of the molecule is COc1cncc(C(CC2CCC2)NN)c1. The van der Waals surface area contributed by atoms with E-state index in [4.69, 9.17) is 10.6 Å². The Kier molecular flexibility index (Phi) is 3.74. The predicted molar refractivity (Wildman–Crippen MR) is 62.8 cm³/mol. The molecule has 1 heterocycles. The first-order chi connectivity index (χ1) is 7.83. The van der Waals surface area contributed by atoms with E-state index in [1.165, 1.54) is 19.3 Å². The van der Waals surface area contributed by atoms with Gasteiger partial charge >= 0.3 is 0 Å². The van der Waals surface area contributed by atoms with Gasteiger partial charge < -0.3 is 4.74 Å². The Hall–Kier alpha value is -1.13. The van der Waals surface area contributed by atoms with Gasteiger partial charge in [-0.05, 0) is 24.0 Å². The molecule has 1 aliphatic rings. The second-order valence-corrected chi connectivity index (χ2v) is 4.41. The van der Waals surface area contributed by atoms with E-state index in [0.29, 0.717) is 0 Å². The third kappa shape index (κ3) is 2.51. The van der Waals surface area contributed by atoms with Crippen molar-refractivity contribution >= 4 is 0 Å². The van der Waals surface area contributed by atoms with Crippen molar-refractivity contribution in [3.63, 3.8) is 0 Å². The summed E-state index contributed by atoms with van der Waals surface area (Å²) in [5.74, 6) is 7.20. The van der Waals surface area contributed by atoms with E-state index in [9.17, 15) is 0 Å². The second kappa shape index (κ2) is 5.27. The third-order valence-corrected chi connectivity index (χ3v) is 3.37. The number of hydrogen-bond acceptors (Lipinski definition) is 4. The number of rotatable bonds is 5. The average Bonchev–Trinajstić information content (AvgIpc) is 2.28. The number of aromatic nitrogens is 1. The van der Waals surface area contributed by atoms with Crippen molar-refractivity contribution in [1.29, 1.82) is 0 Å². The number of nitrogens with one attached hydrogen (secondary N) is 1. The molecule has 0 spiro atoms. The summed E-state index contributed by atoms with van der Waals surface area (Å²) in [7, 11) is 1.65. The Bertz CT molecular complexity index is 339. The Morgan fingerprint density at radius 2 is 2.38 bits per heavy atom. The monoisotopic (exact) mass is 221 g/mol. The van der Waals surface area contributed by atoms with E-state index in [1.807, 2.05) is 12.3 Å². The van der Waals surface area contributed by atoms with Gasteiger partial charge in [0.05, 0.1) is 13.3 Å². The Morgan fingerprint density at radius 3 is 2.94 bits per heavy atom. The number of hydrogen-bond donors (Lipinski definition) is 2. The highest BCUT2D eigenvalue weighted by Gasteiger charge is 2.22. The van der Waals surface area contributed by atoms with Crippen LogP contribution < -0.4 is 16.0 Å². The van der Waals surface area contributed by atoms with Crippen LogP contribution >= 0.6 is 0 Å². The van der Waals surface area contributed by atoms with Crippen LogP contribution in [-0.4, -0.2) is 12.1 Å². The van der Waals surface area contributed by atoms with Crippen molar-refractivity contribution in [2.45, 2.75) is 31.7 Å². The van der Waals surface area contributed by atoms with Crippen LogP contribution in [-0.2, 0) is 0 Å². The van der Waals surface area contributed by atoms with Crippen LogP contribution in [0.5, 0.6) is 5.75 Å². The molecule has 1 atom stereocenters. The summed E-state index contributed by atoms with van der Waals surface area (Å²) in [5.41, 5.74) is 3.98. The fraction of sp³-hybridized carbons (Fsp3) is 0.583. The minimum absolute atomic E-state index is 0.188. The molecule has 1 unspecified atom stereocenters. The largest absolute Gasteiger partial charge is 0.495 e. The fourth-order valence-corrected chi connectivity index (χ4v) is 2.10. The molecule has 88 valence electrons. The lowest BCUT2D eigenvalue weighted by molar-refractivity contribution is 0.261. The molecule has 1 aromatic rings. The minimum atomic E-state index is 0.188. The van der Waals surface area contributed by atoms with E-state index in [0.717, 1.165) is 23.7 Å². The lowest BCUT2D eigenvalue weighted by Gasteiger charge is -2.29. The van der Waals surface area contributed by atoms with E-state index in [1.54, 1.807) is 13.3 Å². The summed E-state index contributed by atoms with van der Waals surface area (Å²) >= 11 is 0. The second-order valence-electron chi connectivity index (χ2n) is 4.41. The molecule has 1 aromatic heterocycles. The molecular weight excluding hydrogens is 202 g/mol. The summed E-state index contributed by atoms with van der Waals surface area (Å²) in [5, 5.41) is 0. The first-order valence-electron chi connectivity index (χ1n) is 5.78. The van der Waals surface area contributed by atoms with Gasteiger partial charge in [0.1, 0.15) is 5.75 Å². The van der Waals surface area contributed by atoms with E-state index in [-0.39, 0.29) is 6.04 Å². The molecule has 4 nitrogen and oxygen atoms in total. The number of nitrogens with two attached hydrogens (primary N) is 1. The van der Waals surface area contributed by atoms with Gasteiger partial charge in [-0.15, -0.1) is 0 Å². The minimum Gasteiger partial charge on any atom is -0.495 e. The quantitative estimate of drug-likeness (QED) is 0.588. The highest BCUT2D eigenvalue weighted by molar-refractivity contribution is 5.25. The zero-order chi connectivity index (χ0) is 11.4. The predicted octanol–water partition coefficient (Wildman–Crippen LogP) is 1.78. The maximum absolute atomic E-state index is 5.60. The molecule has 0 aliphatic heterocycles. The molecule has 3 N–H and O–H groups in total. The van der Waals surface area contributed by atoms with E-state index < -0.39 is 0 Å². The van der Waals surface area contributed by atoms with Crippen molar-refractivity contribution in [2.75, 3.05) is 7.11 Å². The molecule has 2 rings (SSSR count). The van der Waals surface area contributed by atoms with Crippen LogP contribution in [0.1, 0.15) is 37.3 Å². The van der Waals surface area contributed by atoms with Gasteiger partial charge in [0.25, 0.3) is 0 Å². The maximum atomic E-state index is 5.60. The highest BCUT2D eigenvalue weighted by Crippen LogP contribution is 2.34. The standard InChI is InChI=1S/C12H19N3O/c1-16-11-6-10(7-14-8-11)12(15-13)5-9-3-2-4-9/h6-9,12,15H,2-5,13H2,1H3. The van der Waals surface area contributed by atoms with Gasteiger partial charge in [0, 0.05) is 12.2 Å². The molecule has 0 amide bonds. The lowest BCUT2D eigenvalue weighted by atomic mass is 9.80. The molecule has 0 aromatic carbocycles. The zero-order valence-electron chi connectivity index (χ0n) is 9.65. The Balaban J connectivity index is 2.05. The summed E-state index contributed by atoms with van der Waals surface area (Å²) in [6.07, 6.45) is 8.67. The first kappa shape index (κ1) is 11.4. The Morgan fingerprint density at radius 1 is 1.56 bits per heavy atom. The molecular formula is C12H19N3O. The summed E-state index contributed by atoms with van der Waals surface area (Å²) < 4.78 is 5.16. The van der Waals surface area contributed by atoms with Gasteiger partial charge in [-0.1, -0.05) is 19.3 Å². The van der Waals surface area contributed by atoms with Crippen LogP contribution in [0, 0.1) is 5.92 Å². The smallest absolute Gasteiger partial charge is 0.137 e.